The summed E-state index contributed by atoms with van der Waals surface area (Å²) in [7, 11) is 2.14. The molecule has 2 rings (SSSR count). The highest BCUT2D eigenvalue weighted by Crippen LogP contribution is 2.11. The summed E-state index contributed by atoms with van der Waals surface area (Å²) in [6.07, 6.45) is 0.404. The van der Waals surface area contributed by atoms with Crippen LogP contribution in [0, 0.1) is 0 Å². The van der Waals surface area contributed by atoms with Crippen LogP contribution in [0.1, 0.15) is 27.7 Å². The minimum atomic E-state index is 0.202. The number of hydrogen-bond donors (Lipinski definition) is 0. The molecule has 2 aromatic rings. The van der Waals surface area contributed by atoms with Gasteiger partial charge in [-0.2, -0.15) is 0 Å². The third kappa shape index (κ3) is 5.18. The molecule has 0 aliphatic carbocycles. The zero-order valence-electron chi connectivity index (χ0n) is 13.2. The smallest absolute Gasteiger partial charge is 0.191 e. The highest BCUT2D eigenvalue weighted by Gasteiger charge is 2.03. The summed E-state index contributed by atoms with van der Waals surface area (Å²) in [5, 5.41) is 0. The normalized spacial score (nSPS) is 10.8. The number of hydrogen-bond acceptors (Lipinski definition) is 2. The summed E-state index contributed by atoms with van der Waals surface area (Å²) in [4.78, 5) is 0. The largest absolute Gasteiger partial charge is 0.491 e. The first kappa shape index (κ1) is 15.5. The molecule has 0 spiro atoms. The minimum absolute atomic E-state index is 0.202. The molecular weight excluding hydrogens is 259 g/mol. The van der Waals surface area contributed by atoms with Crippen molar-refractivity contribution < 1.29 is 9.47 Å². The van der Waals surface area contributed by atoms with E-state index in [0.29, 0.717) is 0 Å². The van der Waals surface area contributed by atoms with Crippen LogP contribution in [0.5, 0.6) is 11.5 Å². The van der Waals surface area contributed by atoms with Gasteiger partial charge in [-0.3, -0.25) is 0 Å². The van der Waals surface area contributed by atoms with E-state index < -0.39 is 0 Å². The molecule has 0 atom stereocenters. The average molecular weight is 281 g/mol. The van der Waals surface area contributed by atoms with Crippen LogP contribution in [0.4, 0.5) is 0 Å². The van der Waals surface area contributed by atoms with Gasteiger partial charge in [-0.05, 0) is 52.0 Å². The Morgan fingerprint density at radius 1 is 0.619 bits per heavy atom. The molecular formula is C18H22BO2. The van der Waals surface area contributed by atoms with Gasteiger partial charge in [-0.15, -0.1) is 0 Å². The number of ether oxygens (including phenoxy) is 2. The molecule has 0 amide bonds. The molecule has 0 saturated heterocycles. The summed E-state index contributed by atoms with van der Waals surface area (Å²) in [5.74, 6) is 1.81. The van der Waals surface area contributed by atoms with E-state index in [4.69, 9.17) is 9.47 Å². The molecule has 109 valence electrons. The van der Waals surface area contributed by atoms with Gasteiger partial charge in [-0.1, -0.05) is 35.2 Å². The number of benzene rings is 2. The first-order valence-electron chi connectivity index (χ1n) is 7.41. The molecule has 2 aromatic carbocycles. The molecule has 0 bridgehead atoms. The Balaban J connectivity index is 1.97. The maximum atomic E-state index is 5.64. The van der Waals surface area contributed by atoms with E-state index in [1.54, 1.807) is 0 Å². The van der Waals surface area contributed by atoms with Crippen LogP contribution >= 0.6 is 0 Å². The fraction of sp³-hybridized carbons (Fsp3) is 0.333. The van der Waals surface area contributed by atoms with Gasteiger partial charge in [0.05, 0.1) is 12.2 Å². The van der Waals surface area contributed by atoms with Gasteiger partial charge in [-0.25, -0.2) is 0 Å². The van der Waals surface area contributed by atoms with Gasteiger partial charge in [0.15, 0.2) is 7.28 Å². The Labute approximate surface area is 128 Å². The lowest BCUT2D eigenvalue weighted by Crippen LogP contribution is -2.26. The predicted molar refractivity (Wildman–Crippen MR) is 89.4 cm³/mol. The first-order chi connectivity index (χ1) is 10.0. The van der Waals surface area contributed by atoms with Crippen LogP contribution in [-0.2, 0) is 0 Å². The van der Waals surface area contributed by atoms with Crippen LogP contribution in [0.3, 0.4) is 0 Å². The third-order valence-electron chi connectivity index (χ3n) is 2.84. The van der Waals surface area contributed by atoms with E-state index >= 15 is 0 Å². The van der Waals surface area contributed by atoms with Crippen molar-refractivity contribution in [3.8, 4) is 11.5 Å². The lowest BCUT2D eigenvalue weighted by Gasteiger charge is -2.11. The monoisotopic (exact) mass is 281 g/mol. The molecule has 0 heterocycles. The standard InChI is InChI=1S/C18H22BO2/c1-13(2)20-17-9-5-15(6-10-17)19-16-7-11-18(12-8-16)21-14(3)4/h5-14H,1-4H3. The van der Waals surface area contributed by atoms with Crippen molar-refractivity contribution in [3.05, 3.63) is 48.5 Å². The Morgan fingerprint density at radius 2 is 0.952 bits per heavy atom. The first-order valence-corrected chi connectivity index (χ1v) is 7.41. The predicted octanol–water partition coefficient (Wildman–Crippen LogP) is 2.92. The minimum Gasteiger partial charge on any atom is -0.491 e. The lowest BCUT2D eigenvalue weighted by molar-refractivity contribution is 0.242. The Morgan fingerprint density at radius 3 is 1.24 bits per heavy atom. The van der Waals surface area contributed by atoms with Gasteiger partial charge < -0.3 is 9.47 Å². The van der Waals surface area contributed by atoms with Crippen LogP contribution in [0.2, 0.25) is 0 Å². The second kappa shape index (κ2) is 7.21. The molecule has 0 unspecified atom stereocenters. The van der Waals surface area contributed by atoms with Crippen molar-refractivity contribution in [3.63, 3.8) is 0 Å². The summed E-state index contributed by atoms with van der Waals surface area (Å²) in [6.45, 7) is 8.11. The second-order valence-corrected chi connectivity index (χ2v) is 5.62. The third-order valence-corrected chi connectivity index (χ3v) is 2.84. The lowest BCUT2D eigenvalue weighted by atomic mass is 9.64. The van der Waals surface area contributed by atoms with Crippen molar-refractivity contribution in [2.24, 2.45) is 0 Å². The summed E-state index contributed by atoms with van der Waals surface area (Å²) >= 11 is 0. The molecule has 2 nitrogen and oxygen atoms in total. The number of rotatable bonds is 6. The molecule has 0 aromatic heterocycles. The van der Waals surface area contributed by atoms with Crippen LogP contribution in [0.15, 0.2) is 48.5 Å². The van der Waals surface area contributed by atoms with Crippen molar-refractivity contribution in [2.45, 2.75) is 39.9 Å². The zero-order valence-corrected chi connectivity index (χ0v) is 13.2. The highest BCUT2D eigenvalue weighted by atomic mass is 16.5. The quantitative estimate of drug-likeness (QED) is 0.758. The Hall–Kier alpha value is -1.90. The molecule has 0 aliphatic rings. The molecule has 0 aliphatic heterocycles. The van der Waals surface area contributed by atoms with Crippen LogP contribution in [0.25, 0.3) is 0 Å². The molecule has 0 saturated carbocycles. The summed E-state index contributed by atoms with van der Waals surface area (Å²) in [6, 6.07) is 16.3. The molecule has 1 radical (unpaired) electrons. The maximum Gasteiger partial charge on any atom is 0.191 e. The van der Waals surface area contributed by atoms with Crippen molar-refractivity contribution in [1.29, 1.82) is 0 Å². The highest BCUT2D eigenvalue weighted by molar-refractivity contribution is 6.67. The van der Waals surface area contributed by atoms with E-state index in [9.17, 15) is 0 Å². The van der Waals surface area contributed by atoms with Crippen molar-refractivity contribution >= 4 is 18.2 Å². The van der Waals surface area contributed by atoms with Gasteiger partial charge in [0.2, 0.25) is 0 Å². The summed E-state index contributed by atoms with van der Waals surface area (Å²) < 4.78 is 11.3. The van der Waals surface area contributed by atoms with Gasteiger partial charge in [0.1, 0.15) is 11.5 Å². The van der Waals surface area contributed by atoms with E-state index in [1.165, 1.54) is 0 Å². The fourth-order valence-electron chi connectivity index (χ4n) is 2.02. The Kier molecular flexibility index (Phi) is 5.32. The van der Waals surface area contributed by atoms with Gasteiger partial charge in [0.25, 0.3) is 0 Å². The van der Waals surface area contributed by atoms with E-state index in [-0.39, 0.29) is 12.2 Å². The summed E-state index contributed by atoms with van der Waals surface area (Å²) in [5.41, 5.74) is 2.31. The van der Waals surface area contributed by atoms with E-state index in [0.717, 1.165) is 22.4 Å². The molecule has 3 heteroatoms. The fourth-order valence-corrected chi connectivity index (χ4v) is 2.02. The molecule has 0 N–H and O–H groups in total. The topological polar surface area (TPSA) is 18.5 Å². The van der Waals surface area contributed by atoms with E-state index in [1.807, 2.05) is 52.0 Å². The second-order valence-electron chi connectivity index (χ2n) is 5.62. The maximum absolute atomic E-state index is 5.64. The zero-order chi connectivity index (χ0) is 15.2. The average Bonchev–Trinajstić information content (AvgIpc) is 2.42. The van der Waals surface area contributed by atoms with Crippen molar-refractivity contribution in [2.75, 3.05) is 0 Å². The SMILES string of the molecule is CC(C)Oc1ccc([B]c2ccc(OC(C)C)cc2)cc1. The van der Waals surface area contributed by atoms with Gasteiger partial charge in [0, 0.05) is 0 Å². The van der Waals surface area contributed by atoms with Crippen LogP contribution < -0.4 is 20.4 Å². The Bertz CT molecular complexity index is 493. The molecule has 21 heavy (non-hydrogen) atoms. The van der Waals surface area contributed by atoms with Gasteiger partial charge >= 0.3 is 0 Å². The molecule has 0 fully saturated rings. The van der Waals surface area contributed by atoms with Crippen LogP contribution in [-0.4, -0.2) is 19.5 Å². The van der Waals surface area contributed by atoms with E-state index in [2.05, 4.69) is 31.5 Å². The van der Waals surface area contributed by atoms with Crippen molar-refractivity contribution in [1.82, 2.24) is 0 Å².